The first-order valence-electron chi connectivity index (χ1n) is 5.75. The van der Waals surface area contributed by atoms with E-state index in [1.807, 2.05) is 19.3 Å². The highest BCUT2D eigenvalue weighted by Gasteiger charge is 2.09. The molecule has 0 aromatic carbocycles. The van der Waals surface area contributed by atoms with Gasteiger partial charge < -0.3 is 14.9 Å². The van der Waals surface area contributed by atoms with Crippen LogP contribution in [0, 0.1) is 0 Å². The second-order valence-electron chi connectivity index (χ2n) is 4.05. The van der Waals surface area contributed by atoms with E-state index in [-0.39, 0.29) is 5.91 Å². The van der Waals surface area contributed by atoms with E-state index in [2.05, 4.69) is 31.2 Å². The van der Waals surface area contributed by atoms with Crippen LogP contribution in [0.15, 0.2) is 29.1 Å². The molecule has 5 nitrogen and oxygen atoms in total. The van der Waals surface area contributed by atoms with Gasteiger partial charge in [0, 0.05) is 43.1 Å². The molecule has 0 atom stereocenters. The molecule has 96 valence electrons. The first kappa shape index (κ1) is 12.9. The Labute approximate surface area is 114 Å². The zero-order chi connectivity index (χ0) is 13.0. The number of carbonyl (C=O) groups is 1. The molecule has 0 saturated carbocycles. The average molecular weight is 311 g/mol. The van der Waals surface area contributed by atoms with Crippen molar-refractivity contribution < 1.29 is 4.79 Å². The van der Waals surface area contributed by atoms with E-state index in [9.17, 15) is 4.79 Å². The van der Waals surface area contributed by atoms with Crippen LogP contribution in [0.1, 0.15) is 22.7 Å². The lowest BCUT2D eigenvalue weighted by Crippen LogP contribution is -2.26. The number of hydrogen-bond acceptors (Lipinski definition) is 2. The summed E-state index contributed by atoms with van der Waals surface area (Å²) in [5, 5.41) is 2.89. The van der Waals surface area contributed by atoms with E-state index in [0.29, 0.717) is 12.2 Å². The second-order valence-corrected chi connectivity index (χ2v) is 4.97. The average Bonchev–Trinajstić information content (AvgIpc) is 2.94. The minimum absolute atomic E-state index is 0.0531. The molecule has 0 aliphatic carbocycles. The summed E-state index contributed by atoms with van der Waals surface area (Å²) in [5.74, 6) is 0.897. The lowest BCUT2D eigenvalue weighted by atomic mass is 10.3. The standard InChI is InChI=1S/C12H15BrN4O/c1-17-8-9(13)7-10(17)12(18)16-4-2-3-11-14-5-6-15-11/h5-8H,2-4H2,1H3,(H,14,15)(H,16,18). The van der Waals surface area contributed by atoms with Crippen LogP contribution in [0.2, 0.25) is 0 Å². The number of H-pyrrole nitrogens is 1. The Hall–Kier alpha value is -1.56. The van der Waals surface area contributed by atoms with Crippen LogP contribution in [0.4, 0.5) is 0 Å². The molecule has 2 aromatic rings. The molecule has 18 heavy (non-hydrogen) atoms. The molecule has 2 aromatic heterocycles. The summed E-state index contributed by atoms with van der Waals surface area (Å²) in [7, 11) is 1.85. The second kappa shape index (κ2) is 5.86. The minimum Gasteiger partial charge on any atom is -0.351 e. The highest BCUT2D eigenvalue weighted by Crippen LogP contribution is 2.13. The number of amides is 1. The van der Waals surface area contributed by atoms with E-state index in [0.717, 1.165) is 23.1 Å². The molecule has 0 unspecified atom stereocenters. The molecule has 0 saturated heterocycles. The van der Waals surface area contributed by atoms with Gasteiger partial charge in [-0.15, -0.1) is 0 Å². The van der Waals surface area contributed by atoms with Crippen molar-refractivity contribution in [2.45, 2.75) is 12.8 Å². The number of aromatic amines is 1. The lowest BCUT2D eigenvalue weighted by molar-refractivity contribution is 0.0945. The molecule has 0 aliphatic heterocycles. The molecule has 0 bridgehead atoms. The van der Waals surface area contributed by atoms with Gasteiger partial charge in [-0.2, -0.15) is 0 Å². The lowest BCUT2D eigenvalue weighted by Gasteiger charge is -2.05. The Morgan fingerprint density at radius 3 is 3.06 bits per heavy atom. The Kier molecular flexibility index (Phi) is 4.19. The third kappa shape index (κ3) is 3.22. The van der Waals surface area contributed by atoms with Gasteiger partial charge in [-0.1, -0.05) is 0 Å². The maximum atomic E-state index is 11.9. The van der Waals surface area contributed by atoms with Crippen LogP contribution in [0.5, 0.6) is 0 Å². The van der Waals surface area contributed by atoms with Crippen molar-refractivity contribution in [1.29, 1.82) is 0 Å². The van der Waals surface area contributed by atoms with Crippen molar-refractivity contribution >= 4 is 21.8 Å². The van der Waals surface area contributed by atoms with Crippen LogP contribution in [-0.2, 0) is 13.5 Å². The van der Waals surface area contributed by atoms with Crippen molar-refractivity contribution in [3.63, 3.8) is 0 Å². The summed E-state index contributed by atoms with van der Waals surface area (Å²) in [6.45, 7) is 0.641. The van der Waals surface area contributed by atoms with Gasteiger partial charge in [0.25, 0.3) is 5.91 Å². The molecule has 2 N–H and O–H groups in total. The molecule has 6 heteroatoms. The summed E-state index contributed by atoms with van der Waals surface area (Å²) < 4.78 is 2.71. The fourth-order valence-corrected chi connectivity index (χ4v) is 2.26. The fourth-order valence-electron chi connectivity index (χ4n) is 1.73. The maximum Gasteiger partial charge on any atom is 0.267 e. The molecule has 0 radical (unpaired) electrons. The van der Waals surface area contributed by atoms with Crippen LogP contribution in [0.3, 0.4) is 0 Å². The third-order valence-corrected chi connectivity index (χ3v) is 3.07. The molecule has 0 fully saturated rings. The van der Waals surface area contributed by atoms with Gasteiger partial charge in [-0.3, -0.25) is 4.79 Å². The van der Waals surface area contributed by atoms with Crippen molar-refractivity contribution in [1.82, 2.24) is 19.9 Å². The maximum absolute atomic E-state index is 11.9. The van der Waals surface area contributed by atoms with Gasteiger partial charge in [-0.25, -0.2) is 4.98 Å². The van der Waals surface area contributed by atoms with Gasteiger partial charge in [0.2, 0.25) is 0 Å². The van der Waals surface area contributed by atoms with E-state index in [1.54, 1.807) is 17.0 Å². The number of hydrogen-bond donors (Lipinski definition) is 2. The van der Waals surface area contributed by atoms with Crippen molar-refractivity contribution in [3.05, 3.63) is 40.6 Å². The quantitative estimate of drug-likeness (QED) is 0.828. The number of rotatable bonds is 5. The normalized spacial score (nSPS) is 10.6. The van der Waals surface area contributed by atoms with Gasteiger partial charge in [-0.05, 0) is 28.4 Å². The summed E-state index contributed by atoms with van der Waals surface area (Å²) in [5.41, 5.74) is 0.653. The van der Waals surface area contributed by atoms with Crippen LogP contribution in [-0.4, -0.2) is 27.0 Å². The zero-order valence-corrected chi connectivity index (χ0v) is 11.7. The highest BCUT2D eigenvalue weighted by atomic mass is 79.9. The topological polar surface area (TPSA) is 62.7 Å². The number of aryl methyl sites for hydroxylation is 2. The Bertz CT molecular complexity index is 518. The van der Waals surface area contributed by atoms with E-state index < -0.39 is 0 Å². The number of halogens is 1. The molecule has 0 aliphatic rings. The predicted molar refractivity (Wildman–Crippen MR) is 72.4 cm³/mol. The Balaban J connectivity index is 1.77. The third-order valence-electron chi connectivity index (χ3n) is 2.63. The van der Waals surface area contributed by atoms with Gasteiger partial charge >= 0.3 is 0 Å². The predicted octanol–water partition coefficient (Wildman–Crippen LogP) is 1.87. The Morgan fingerprint density at radius 2 is 2.44 bits per heavy atom. The van der Waals surface area contributed by atoms with Crippen molar-refractivity contribution in [3.8, 4) is 0 Å². The largest absolute Gasteiger partial charge is 0.351 e. The van der Waals surface area contributed by atoms with E-state index in [4.69, 9.17) is 0 Å². The van der Waals surface area contributed by atoms with Gasteiger partial charge in [0.1, 0.15) is 11.5 Å². The first-order valence-corrected chi connectivity index (χ1v) is 6.54. The molecule has 2 rings (SSSR count). The van der Waals surface area contributed by atoms with E-state index >= 15 is 0 Å². The zero-order valence-electron chi connectivity index (χ0n) is 10.1. The Morgan fingerprint density at radius 1 is 1.61 bits per heavy atom. The summed E-state index contributed by atoms with van der Waals surface area (Å²) >= 11 is 3.35. The van der Waals surface area contributed by atoms with Crippen molar-refractivity contribution in [2.24, 2.45) is 7.05 Å². The van der Waals surface area contributed by atoms with Gasteiger partial charge in [0.05, 0.1) is 0 Å². The monoisotopic (exact) mass is 310 g/mol. The number of carbonyl (C=O) groups excluding carboxylic acids is 1. The fraction of sp³-hybridized carbons (Fsp3) is 0.333. The highest BCUT2D eigenvalue weighted by molar-refractivity contribution is 9.10. The van der Waals surface area contributed by atoms with Crippen molar-refractivity contribution in [2.75, 3.05) is 6.54 Å². The van der Waals surface area contributed by atoms with Crippen LogP contribution in [0.25, 0.3) is 0 Å². The molecule has 2 heterocycles. The summed E-state index contributed by atoms with van der Waals surface area (Å²) in [6.07, 6.45) is 7.09. The summed E-state index contributed by atoms with van der Waals surface area (Å²) in [4.78, 5) is 19.0. The van der Waals surface area contributed by atoms with E-state index in [1.165, 1.54) is 0 Å². The van der Waals surface area contributed by atoms with Crippen LogP contribution >= 0.6 is 15.9 Å². The number of nitrogens with zero attached hydrogens (tertiary/aromatic N) is 2. The first-order chi connectivity index (χ1) is 8.66. The molecule has 0 spiro atoms. The summed E-state index contributed by atoms with van der Waals surface area (Å²) in [6, 6.07) is 1.81. The SMILES string of the molecule is Cn1cc(Br)cc1C(=O)NCCCc1ncc[nH]1. The molecule has 1 amide bonds. The van der Waals surface area contributed by atoms with Crippen LogP contribution < -0.4 is 5.32 Å². The number of imidazole rings is 1. The smallest absolute Gasteiger partial charge is 0.267 e. The van der Waals surface area contributed by atoms with Gasteiger partial charge in [0.15, 0.2) is 0 Å². The minimum atomic E-state index is -0.0531. The molecular formula is C12H15BrN4O. The number of nitrogens with one attached hydrogen (secondary N) is 2. The molecular weight excluding hydrogens is 296 g/mol. The number of aromatic nitrogens is 3.